The Balaban J connectivity index is 1.83. The van der Waals surface area contributed by atoms with Crippen molar-refractivity contribution in [3.05, 3.63) is 31.0 Å². The molecule has 0 fully saturated rings. The fraction of sp³-hybridized carbons (Fsp3) is 0.385. The minimum absolute atomic E-state index is 0.00247. The second-order valence-electron chi connectivity index (χ2n) is 4.39. The predicted molar refractivity (Wildman–Crippen MR) is 75.3 cm³/mol. The third-order valence-electron chi connectivity index (χ3n) is 2.79. The van der Waals surface area contributed by atoms with Crippen molar-refractivity contribution in [2.45, 2.75) is 25.7 Å². The number of aromatic nitrogens is 4. The van der Waals surface area contributed by atoms with Gasteiger partial charge in [-0.1, -0.05) is 6.42 Å². The highest BCUT2D eigenvalue weighted by atomic mass is 16.1. The van der Waals surface area contributed by atoms with Gasteiger partial charge in [0, 0.05) is 6.42 Å². The van der Waals surface area contributed by atoms with Crippen molar-refractivity contribution in [3.8, 4) is 5.82 Å². The number of amides is 1. The molecule has 7 heteroatoms. The first-order valence-electron chi connectivity index (χ1n) is 6.60. The Labute approximate surface area is 117 Å². The Hall–Kier alpha value is -2.28. The molecular formula is C13H18N6O. The molecule has 0 radical (unpaired) electrons. The molecule has 0 saturated heterocycles. The third kappa shape index (κ3) is 4.13. The van der Waals surface area contributed by atoms with Gasteiger partial charge in [-0.2, -0.15) is 5.10 Å². The molecule has 0 aliphatic rings. The molecule has 20 heavy (non-hydrogen) atoms. The van der Waals surface area contributed by atoms with Crippen molar-refractivity contribution in [1.82, 2.24) is 19.7 Å². The fourth-order valence-corrected chi connectivity index (χ4v) is 1.75. The van der Waals surface area contributed by atoms with Crippen LogP contribution in [0.1, 0.15) is 25.7 Å². The average molecular weight is 274 g/mol. The Morgan fingerprint density at radius 2 is 2.20 bits per heavy atom. The number of nitrogens with two attached hydrogens (primary N) is 1. The van der Waals surface area contributed by atoms with E-state index in [2.05, 4.69) is 20.4 Å². The lowest BCUT2D eigenvalue weighted by Crippen LogP contribution is -2.12. The summed E-state index contributed by atoms with van der Waals surface area (Å²) in [6.45, 7) is 0.676. The molecule has 7 nitrogen and oxygen atoms in total. The number of pyridine rings is 1. The van der Waals surface area contributed by atoms with Crippen LogP contribution in [0.4, 0.5) is 5.69 Å². The number of carbonyl (C=O) groups excluding carboxylic acids is 1. The highest BCUT2D eigenvalue weighted by Crippen LogP contribution is 2.09. The van der Waals surface area contributed by atoms with Crippen LogP contribution in [0.5, 0.6) is 0 Å². The smallest absolute Gasteiger partial charge is 0.224 e. The molecule has 2 aromatic heterocycles. The van der Waals surface area contributed by atoms with Gasteiger partial charge in [-0.25, -0.2) is 14.6 Å². The third-order valence-corrected chi connectivity index (χ3v) is 2.79. The van der Waals surface area contributed by atoms with Gasteiger partial charge in [0.25, 0.3) is 0 Å². The summed E-state index contributed by atoms with van der Waals surface area (Å²) in [5.74, 6) is 0.653. The minimum Gasteiger partial charge on any atom is -0.330 e. The van der Waals surface area contributed by atoms with E-state index in [9.17, 15) is 4.79 Å². The first kappa shape index (κ1) is 14.1. The number of nitrogens with one attached hydrogen (secondary N) is 1. The Morgan fingerprint density at radius 3 is 2.85 bits per heavy atom. The van der Waals surface area contributed by atoms with Gasteiger partial charge in [0.1, 0.15) is 12.7 Å². The summed E-state index contributed by atoms with van der Waals surface area (Å²) in [7, 11) is 0. The number of unbranched alkanes of at least 4 members (excludes halogenated alkanes) is 2. The fourth-order valence-electron chi connectivity index (χ4n) is 1.75. The summed E-state index contributed by atoms with van der Waals surface area (Å²) in [6, 6.07) is 3.57. The highest BCUT2D eigenvalue weighted by Gasteiger charge is 2.03. The number of carbonyl (C=O) groups is 1. The molecule has 106 valence electrons. The Bertz CT molecular complexity index is 522. The summed E-state index contributed by atoms with van der Waals surface area (Å²) < 4.78 is 1.55. The maximum Gasteiger partial charge on any atom is 0.224 e. The number of rotatable bonds is 7. The van der Waals surface area contributed by atoms with Gasteiger partial charge >= 0.3 is 0 Å². The molecule has 2 heterocycles. The monoisotopic (exact) mass is 274 g/mol. The standard InChI is InChI=1S/C13H18N6O/c14-7-3-1-2-4-13(20)18-11-5-6-12(16-8-11)19-10-15-9-17-19/h5-6,8-10H,1-4,7,14H2,(H,18,20). The average Bonchev–Trinajstić information content (AvgIpc) is 2.99. The van der Waals surface area contributed by atoms with E-state index in [4.69, 9.17) is 5.73 Å². The van der Waals surface area contributed by atoms with Gasteiger partial charge in [-0.05, 0) is 31.5 Å². The van der Waals surface area contributed by atoms with Crippen molar-refractivity contribution in [1.29, 1.82) is 0 Å². The predicted octanol–water partition coefficient (Wildman–Crippen LogP) is 1.12. The van der Waals surface area contributed by atoms with Gasteiger partial charge in [0.05, 0.1) is 11.9 Å². The molecule has 3 N–H and O–H groups in total. The normalized spacial score (nSPS) is 10.4. The molecular weight excluding hydrogens is 256 g/mol. The molecule has 0 aliphatic carbocycles. The molecule has 0 atom stereocenters. The van der Waals surface area contributed by atoms with Crippen molar-refractivity contribution in [3.63, 3.8) is 0 Å². The zero-order valence-corrected chi connectivity index (χ0v) is 11.2. The zero-order chi connectivity index (χ0) is 14.2. The summed E-state index contributed by atoms with van der Waals surface area (Å²) in [5, 5.41) is 6.79. The van der Waals surface area contributed by atoms with Crippen LogP contribution in [0.15, 0.2) is 31.0 Å². The first-order valence-corrected chi connectivity index (χ1v) is 6.60. The molecule has 0 spiro atoms. The van der Waals surface area contributed by atoms with E-state index in [0.717, 1.165) is 19.3 Å². The van der Waals surface area contributed by atoms with Crippen LogP contribution < -0.4 is 11.1 Å². The van der Waals surface area contributed by atoms with Gasteiger partial charge in [0.15, 0.2) is 5.82 Å². The summed E-state index contributed by atoms with van der Waals surface area (Å²) in [4.78, 5) is 19.8. The van der Waals surface area contributed by atoms with Crippen molar-refractivity contribution < 1.29 is 4.79 Å². The summed E-state index contributed by atoms with van der Waals surface area (Å²) in [6.07, 6.45) is 7.92. The van der Waals surface area contributed by atoms with Crippen LogP contribution in [0.2, 0.25) is 0 Å². The molecule has 0 aromatic carbocycles. The van der Waals surface area contributed by atoms with Gasteiger partial charge in [-0.3, -0.25) is 4.79 Å². The minimum atomic E-state index is -0.00247. The number of nitrogens with zero attached hydrogens (tertiary/aromatic N) is 4. The zero-order valence-electron chi connectivity index (χ0n) is 11.2. The lowest BCUT2D eigenvalue weighted by atomic mass is 10.2. The first-order chi connectivity index (χ1) is 9.79. The van der Waals surface area contributed by atoms with E-state index < -0.39 is 0 Å². The van der Waals surface area contributed by atoms with Crippen molar-refractivity contribution >= 4 is 11.6 Å². The highest BCUT2D eigenvalue weighted by molar-refractivity contribution is 5.90. The Morgan fingerprint density at radius 1 is 1.30 bits per heavy atom. The van der Waals surface area contributed by atoms with Gasteiger partial charge in [0.2, 0.25) is 5.91 Å². The molecule has 0 aliphatic heterocycles. The van der Waals surface area contributed by atoms with Gasteiger partial charge in [-0.15, -0.1) is 0 Å². The summed E-state index contributed by atoms with van der Waals surface area (Å²) in [5.41, 5.74) is 6.08. The van der Waals surface area contributed by atoms with Crippen LogP contribution >= 0.6 is 0 Å². The molecule has 0 saturated carbocycles. The Kier molecular flexibility index (Phi) is 5.19. The van der Waals surface area contributed by atoms with E-state index in [-0.39, 0.29) is 5.91 Å². The van der Waals surface area contributed by atoms with Crippen LogP contribution in [0, 0.1) is 0 Å². The van der Waals surface area contributed by atoms with E-state index in [1.165, 1.54) is 6.33 Å². The maximum absolute atomic E-state index is 11.7. The quantitative estimate of drug-likeness (QED) is 0.737. The molecule has 0 bridgehead atoms. The van der Waals surface area contributed by atoms with Crippen LogP contribution in [0.25, 0.3) is 5.82 Å². The molecule has 0 unspecified atom stereocenters. The summed E-state index contributed by atoms with van der Waals surface area (Å²) >= 11 is 0. The van der Waals surface area contributed by atoms with Crippen molar-refractivity contribution in [2.24, 2.45) is 5.73 Å². The van der Waals surface area contributed by atoms with Crippen LogP contribution in [-0.4, -0.2) is 32.2 Å². The second kappa shape index (κ2) is 7.34. The van der Waals surface area contributed by atoms with E-state index in [1.54, 1.807) is 29.3 Å². The lowest BCUT2D eigenvalue weighted by Gasteiger charge is -2.05. The second-order valence-corrected chi connectivity index (χ2v) is 4.39. The number of hydrogen-bond donors (Lipinski definition) is 2. The molecule has 2 rings (SSSR count). The molecule has 1 amide bonds. The van der Waals surface area contributed by atoms with E-state index in [1.807, 2.05) is 0 Å². The lowest BCUT2D eigenvalue weighted by molar-refractivity contribution is -0.116. The van der Waals surface area contributed by atoms with E-state index in [0.29, 0.717) is 24.5 Å². The SMILES string of the molecule is NCCCCCC(=O)Nc1ccc(-n2cncn2)nc1. The number of anilines is 1. The van der Waals surface area contributed by atoms with Crippen LogP contribution in [0.3, 0.4) is 0 Å². The van der Waals surface area contributed by atoms with Gasteiger partial charge < -0.3 is 11.1 Å². The largest absolute Gasteiger partial charge is 0.330 e. The molecule has 2 aromatic rings. The topological polar surface area (TPSA) is 98.7 Å². The van der Waals surface area contributed by atoms with Crippen molar-refractivity contribution in [2.75, 3.05) is 11.9 Å². The van der Waals surface area contributed by atoms with E-state index >= 15 is 0 Å². The number of hydrogen-bond acceptors (Lipinski definition) is 5. The maximum atomic E-state index is 11.7. The van der Waals surface area contributed by atoms with Crippen LogP contribution in [-0.2, 0) is 4.79 Å².